The van der Waals surface area contributed by atoms with Crippen molar-refractivity contribution in [1.82, 2.24) is 10.6 Å². The smallest absolute Gasteiger partial charge is 0.231 e. The van der Waals surface area contributed by atoms with Crippen molar-refractivity contribution in [2.24, 2.45) is 0 Å². The summed E-state index contributed by atoms with van der Waals surface area (Å²) >= 11 is 1.75. The summed E-state index contributed by atoms with van der Waals surface area (Å²) in [6.45, 7) is 3.21. The molecule has 0 aromatic carbocycles. The second kappa shape index (κ2) is 7.80. The summed E-state index contributed by atoms with van der Waals surface area (Å²) in [6, 6.07) is 5.08. The van der Waals surface area contributed by atoms with E-state index in [1.807, 2.05) is 0 Å². The van der Waals surface area contributed by atoms with Gasteiger partial charge in [0.05, 0.1) is 5.41 Å². The predicted octanol–water partition coefficient (Wildman–Crippen LogP) is 3.63. The summed E-state index contributed by atoms with van der Waals surface area (Å²) in [5.74, 6) is 0.281. The minimum Gasteiger partial charge on any atom is -0.352 e. The van der Waals surface area contributed by atoms with E-state index in [-0.39, 0.29) is 23.7 Å². The molecule has 2 N–H and O–H groups in total. The van der Waals surface area contributed by atoms with E-state index < -0.39 is 0 Å². The van der Waals surface area contributed by atoms with E-state index >= 15 is 0 Å². The van der Waals surface area contributed by atoms with E-state index in [2.05, 4.69) is 35.1 Å². The lowest BCUT2D eigenvalue weighted by Gasteiger charge is -2.38. The summed E-state index contributed by atoms with van der Waals surface area (Å²) in [5, 5.41) is 8.93. The Labute approximate surface area is 143 Å². The molecule has 2 heterocycles. The Morgan fingerprint density at radius 2 is 2.14 bits per heavy atom. The average molecular weight is 343 g/mol. The largest absolute Gasteiger partial charge is 0.352 e. The van der Waals surface area contributed by atoms with Gasteiger partial charge in [0.2, 0.25) is 5.91 Å². The van der Waals surface area contributed by atoms with Crippen LogP contribution in [-0.2, 0) is 10.2 Å². The number of carbonyl (C=O) groups is 1. The van der Waals surface area contributed by atoms with E-state index in [1.165, 1.54) is 24.1 Å². The van der Waals surface area contributed by atoms with Crippen LogP contribution in [0.15, 0.2) is 17.5 Å². The molecular formula is C17H27ClN2OS. The van der Waals surface area contributed by atoms with E-state index in [0.717, 1.165) is 32.2 Å². The normalized spacial score (nSPS) is 27.7. The van der Waals surface area contributed by atoms with Crippen LogP contribution < -0.4 is 10.6 Å². The maximum atomic E-state index is 13.1. The Hall–Kier alpha value is -0.580. The fraction of sp³-hybridized carbons (Fsp3) is 0.706. The molecule has 1 saturated carbocycles. The van der Waals surface area contributed by atoms with Crippen LogP contribution in [-0.4, -0.2) is 24.5 Å². The van der Waals surface area contributed by atoms with Gasteiger partial charge in [0.25, 0.3) is 0 Å². The molecule has 1 aromatic rings. The minimum absolute atomic E-state index is 0. The highest BCUT2D eigenvalue weighted by Crippen LogP contribution is 2.42. The molecule has 1 saturated heterocycles. The number of thiophene rings is 1. The van der Waals surface area contributed by atoms with Crippen LogP contribution in [0.3, 0.4) is 0 Å². The molecule has 3 rings (SSSR count). The van der Waals surface area contributed by atoms with Crippen molar-refractivity contribution in [3.8, 4) is 0 Å². The predicted molar refractivity (Wildman–Crippen MR) is 95.0 cm³/mol. The molecule has 22 heavy (non-hydrogen) atoms. The average Bonchev–Trinajstić information content (AvgIpc) is 3.02. The highest BCUT2D eigenvalue weighted by atomic mass is 35.5. The molecule has 2 fully saturated rings. The monoisotopic (exact) mass is 342 g/mol. The molecule has 5 heteroatoms. The number of rotatable bonds is 3. The Bertz CT molecular complexity index is 471. The van der Waals surface area contributed by atoms with Gasteiger partial charge in [-0.25, -0.2) is 0 Å². The zero-order valence-electron chi connectivity index (χ0n) is 13.3. The first-order valence-corrected chi connectivity index (χ1v) is 9.17. The molecular weight excluding hydrogens is 316 g/mol. The Morgan fingerprint density at radius 1 is 1.36 bits per heavy atom. The first kappa shape index (κ1) is 17.8. The minimum atomic E-state index is -0.249. The first-order valence-electron chi connectivity index (χ1n) is 8.29. The van der Waals surface area contributed by atoms with Gasteiger partial charge < -0.3 is 10.6 Å². The molecule has 2 atom stereocenters. The first-order chi connectivity index (χ1) is 10.2. The molecule has 1 amide bonds. The van der Waals surface area contributed by atoms with E-state index in [0.29, 0.717) is 12.1 Å². The summed E-state index contributed by atoms with van der Waals surface area (Å²) < 4.78 is 0. The maximum absolute atomic E-state index is 13.1. The third-order valence-corrected chi connectivity index (χ3v) is 6.17. The van der Waals surface area contributed by atoms with Crippen molar-refractivity contribution < 1.29 is 4.79 Å². The SMILES string of the molecule is CC1CC(NC(=O)C2(c3cccs3)CCCCC2)CCN1.Cl. The van der Waals surface area contributed by atoms with E-state index in [4.69, 9.17) is 0 Å². The van der Waals surface area contributed by atoms with Gasteiger partial charge in [-0.1, -0.05) is 25.3 Å². The van der Waals surface area contributed by atoms with Crippen molar-refractivity contribution in [1.29, 1.82) is 0 Å². The number of hydrogen-bond acceptors (Lipinski definition) is 3. The van der Waals surface area contributed by atoms with Crippen LogP contribution in [0.4, 0.5) is 0 Å². The summed E-state index contributed by atoms with van der Waals surface area (Å²) in [6.07, 6.45) is 7.75. The van der Waals surface area contributed by atoms with Crippen LogP contribution >= 0.6 is 23.7 Å². The van der Waals surface area contributed by atoms with Gasteiger partial charge in [0.1, 0.15) is 0 Å². The summed E-state index contributed by atoms with van der Waals surface area (Å²) in [7, 11) is 0. The van der Waals surface area contributed by atoms with Gasteiger partial charge in [-0.15, -0.1) is 23.7 Å². The highest BCUT2D eigenvalue weighted by molar-refractivity contribution is 7.10. The molecule has 2 unspecified atom stereocenters. The standard InChI is InChI=1S/C17H26N2OS.ClH/c1-13-12-14(7-10-18-13)19-16(20)17(8-3-2-4-9-17)15-6-5-11-21-15;/h5-6,11,13-14,18H,2-4,7-10,12H2,1H3,(H,19,20);1H. The van der Waals surface area contributed by atoms with E-state index in [1.54, 1.807) is 11.3 Å². The van der Waals surface area contributed by atoms with Crippen molar-refractivity contribution in [2.75, 3.05) is 6.54 Å². The molecule has 1 aromatic heterocycles. The molecule has 0 spiro atoms. The second-order valence-electron chi connectivity index (χ2n) is 6.67. The van der Waals surface area contributed by atoms with Crippen LogP contribution in [0.25, 0.3) is 0 Å². The van der Waals surface area contributed by atoms with Crippen LogP contribution in [0.5, 0.6) is 0 Å². The van der Waals surface area contributed by atoms with Crippen molar-refractivity contribution in [2.45, 2.75) is 69.4 Å². The van der Waals surface area contributed by atoms with Crippen LogP contribution in [0, 0.1) is 0 Å². The fourth-order valence-electron chi connectivity index (χ4n) is 3.88. The topological polar surface area (TPSA) is 41.1 Å². The maximum Gasteiger partial charge on any atom is 0.231 e. The van der Waals surface area contributed by atoms with Crippen LogP contribution in [0.2, 0.25) is 0 Å². The lowest BCUT2D eigenvalue weighted by molar-refractivity contribution is -0.128. The third-order valence-electron chi connectivity index (χ3n) is 5.09. The molecule has 2 aliphatic rings. The second-order valence-corrected chi connectivity index (χ2v) is 7.62. The number of nitrogens with one attached hydrogen (secondary N) is 2. The summed E-state index contributed by atoms with van der Waals surface area (Å²) in [4.78, 5) is 14.3. The van der Waals surface area contributed by atoms with Crippen LogP contribution in [0.1, 0.15) is 56.7 Å². The molecule has 3 nitrogen and oxygen atoms in total. The Morgan fingerprint density at radius 3 is 2.77 bits per heavy atom. The highest BCUT2D eigenvalue weighted by Gasteiger charge is 2.42. The number of hydrogen-bond donors (Lipinski definition) is 2. The van der Waals surface area contributed by atoms with Gasteiger partial charge in [-0.2, -0.15) is 0 Å². The van der Waals surface area contributed by atoms with Crippen molar-refractivity contribution in [3.05, 3.63) is 22.4 Å². The number of carbonyl (C=O) groups excluding carboxylic acids is 1. The third kappa shape index (κ3) is 3.66. The van der Waals surface area contributed by atoms with Gasteiger partial charge in [0, 0.05) is 17.0 Å². The molecule has 124 valence electrons. The van der Waals surface area contributed by atoms with Crippen molar-refractivity contribution >= 4 is 29.7 Å². The summed E-state index contributed by atoms with van der Waals surface area (Å²) in [5.41, 5.74) is -0.249. The quantitative estimate of drug-likeness (QED) is 0.880. The Kier molecular flexibility index (Phi) is 6.30. The van der Waals surface area contributed by atoms with Gasteiger partial charge in [-0.05, 0) is 50.6 Å². The van der Waals surface area contributed by atoms with Gasteiger partial charge in [-0.3, -0.25) is 4.79 Å². The lowest BCUT2D eigenvalue weighted by Crippen LogP contribution is -2.52. The van der Waals surface area contributed by atoms with Gasteiger partial charge >= 0.3 is 0 Å². The Balaban J connectivity index is 0.00000176. The molecule has 0 radical (unpaired) electrons. The molecule has 1 aliphatic carbocycles. The number of amides is 1. The van der Waals surface area contributed by atoms with Crippen molar-refractivity contribution in [3.63, 3.8) is 0 Å². The molecule has 0 bridgehead atoms. The zero-order valence-corrected chi connectivity index (χ0v) is 14.9. The zero-order chi connectivity index (χ0) is 14.7. The van der Waals surface area contributed by atoms with Gasteiger partial charge in [0.15, 0.2) is 0 Å². The fourth-order valence-corrected chi connectivity index (χ4v) is 4.86. The van der Waals surface area contributed by atoms with E-state index in [9.17, 15) is 4.79 Å². The number of piperidine rings is 1. The molecule has 1 aliphatic heterocycles. The lowest BCUT2D eigenvalue weighted by atomic mass is 9.72. The number of halogens is 1.